The Morgan fingerprint density at radius 3 is 1.34 bits per heavy atom. The first-order chi connectivity index (χ1) is 62.4. The third kappa shape index (κ3) is 21.7. The maximum atomic E-state index is 15.0. The molecular weight excluding hydrogens is 1710 g/mol. The number of allylic oxidation sites excluding steroid dienone is 1. The Morgan fingerprint density at radius 1 is 0.455 bits per heavy atom. The molecule has 0 spiro atoms. The van der Waals surface area contributed by atoms with Crippen LogP contribution in [0.25, 0.3) is 72.0 Å². The first kappa shape index (κ1) is 95.7. The van der Waals surface area contributed by atoms with Gasteiger partial charge in [0.2, 0.25) is 23.5 Å². The molecule has 5 fully saturated rings. The minimum atomic E-state index is -1.00. The predicted molar refractivity (Wildman–Crippen MR) is 519 cm³/mol. The van der Waals surface area contributed by atoms with Gasteiger partial charge in [-0.2, -0.15) is 0 Å². The molecule has 1 unspecified atom stereocenters. The molecule has 17 N–H and O–H groups in total. The number of carbonyl (C=O) groups is 4. The van der Waals surface area contributed by atoms with Crippen LogP contribution < -0.4 is 65.5 Å². The molecule has 5 saturated carbocycles. The summed E-state index contributed by atoms with van der Waals surface area (Å²) in [4.78, 5) is 84.1. The molecular formula is C96H123FN28O9. The zero-order valence-electron chi connectivity index (χ0n) is 75.4. The van der Waals surface area contributed by atoms with E-state index in [0.29, 0.717) is 87.0 Å². The summed E-state index contributed by atoms with van der Waals surface area (Å²) in [5.41, 5.74) is 37.1. The Labute approximate surface area is 775 Å². The maximum Gasteiger partial charge on any atom is 0.326 e. The number of halogens is 1. The second kappa shape index (κ2) is 38.1. The second-order valence-corrected chi connectivity index (χ2v) is 38.9. The molecule has 14 aromatic rings. The number of nitrogens with one attached hydrogen (secondary N) is 8. The highest BCUT2D eigenvalue weighted by Gasteiger charge is 2.43. The van der Waals surface area contributed by atoms with E-state index in [4.69, 9.17) is 41.0 Å². The third-order valence-corrected chi connectivity index (χ3v) is 24.5. The Balaban J connectivity index is 0.000000142. The fourth-order valence-corrected chi connectivity index (χ4v) is 16.5. The molecule has 6 aliphatic rings. The van der Waals surface area contributed by atoms with Gasteiger partial charge in [-0.1, -0.05) is 136 Å². The molecule has 0 bridgehead atoms. The Hall–Kier alpha value is -14.3. The zero-order valence-corrected chi connectivity index (χ0v) is 75.4. The van der Waals surface area contributed by atoms with Crippen LogP contribution in [-0.2, 0) is 28.2 Å². The Morgan fingerprint density at radius 2 is 0.873 bits per heavy atom. The van der Waals surface area contributed by atoms with Crippen molar-refractivity contribution in [2.24, 2.45) is 0 Å². The number of hydrogen-bond acceptors (Lipinski definition) is 25. The highest BCUT2D eigenvalue weighted by Crippen LogP contribution is 2.49. The summed E-state index contributed by atoms with van der Waals surface area (Å²) in [6, 6.07) is 19.0. The molecule has 38 heteroatoms. The number of anilines is 10. The fraction of sp³-hybridized carbons (Fsp3) is 0.438. The smallest absolute Gasteiger partial charge is 0.326 e. The SMILES string of the molecule is C.C.C.CC(C)(C)c1cc(NC(=O)NC2CC=C(c3cn(C4CC4)c4ncnc(N)c34)CC2)on1.CC(C)(C)c1cc(NC(=O)NC2CCC(c3cn(C4CC4)c4ncnc(N)c34)CC2)on1.CC(C)(C)c1cc(NC(=O)Nc2ccc(-c3cn(C4CC4)c4ncnc(N)c34)cc2)on1.CC(C)(O)Cn1cc(-c2ccc(NC(=O)Nc3cc(C4(C)CC4)no3)c(F)c2)c2c(N)ncnc21. The van der Waals surface area contributed by atoms with Crippen molar-refractivity contribution in [1.29, 1.82) is 0 Å². The molecule has 1 atom stereocenters. The van der Waals surface area contributed by atoms with Gasteiger partial charge >= 0.3 is 24.1 Å². The quantitative estimate of drug-likeness (QED) is 0.0379. The van der Waals surface area contributed by atoms with Crippen molar-refractivity contribution in [3.05, 3.63) is 163 Å². The first-order valence-corrected chi connectivity index (χ1v) is 44.3. The number of hydrogen-bond donors (Lipinski definition) is 13. The van der Waals surface area contributed by atoms with Gasteiger partial charge in [0.25, 0.3) is 0 Å². The fourth-order valence-electron chi connectivity index (χ4n) is 16.5. The van der Waals surface area contributed by atoms with Crippen LogP contribution in [-0.4, -0.2) is 126 Å². The van der Waals surface area contributed by atoms with Gasteiger partial charge in [0.05, 0.1) is 62.2 Å². The first-order valence-electron chi connectivity index (χ1n) is 44.3. The number of nitrogens with two attached hydrogens (primary N) is 4. The van der Waals surface area contributed by atoms with Gasteiger partial charge in [0.15, 0.2) is 0 Å². The van der Waals surface area contributed by atoms with Crippen LogP contribution in [0.5, 0.6) is 0 Å². The topological polar surface area (TPSA) is 516 Å². The lowest BCUT2D eigenvalue weighted by atomic mass is 9.82. The maximum absolute atomic E-state index is 15.0. The average Bonchev–Trinajstić information content (AvgIpc) is 1.61. The van der Waals surface area contributed by atoms with Crippen LogP contribution >= 0.6 is 0 Å². The molecule has 0 radical (unpaired) electrons. The number of aromatic nitrogens is 16. The van der Waals surface area contributed by atoms with Crippen molar-refractivity contribution >= 4 is 132 Å². The van der Waals surface area contributed by atoms with Gasteiger partial charge in [-0.3, -0.25) is 21.3 Å². The molecule has 12 aromatic heterocycles. The van der Waals surface area contributed by atoms with E-state index in [-0.39, 0.29) is 92.0 Å². The second-order valence-electron chi connectivity index (χ2n) is 38.9. The molecule has 12 heterocycles. The standard InChI is InChI=1S/C24H26FN7O3.C23H31N7O2.C23H29N7O2.C23H25N7O2.3CH4/c1-23(2,34)11-32-10-14(19-20(26)27-12-28-21(19)32)13-4-5-16(15(25)8-13)29-22(33)30-18-9-17(31-35-18)24(3)6-7-24;3*1-23(2,3)17-10-18(32-29-17)28-22(31)27-14-6-4-13(5-7-14)16-11-30(15-8-9-15)21-19(16)20(24)25-12-26-21;;;/h4-5,8-10,12,34H,6-7,11H2,1-3H3,(H2,26,27,28)(H2,29,30,33);10-15H,4-9H2,1-3H3,(H2,24,25,26)(H2,27,28,31);4,10-12,14-15H,5-9H2,1-3H3,(H2,24,25,26)(H2,27,28,31);4-7,10-12,15H,8-9H2,1-3H3,(H2,24,25,26)(H2,27,28,31);3*1H4. The van der Waals surface area contributed by atoms with Crippen molar-refractivity contribution in [3.63, 3.8) is 0 Å². The van der Waals surface area contributed by atoms with Crippen LogP contribution in [0.3, 0.4) is 0 Å². The number of aliphatic hydroxyl groups is 1. The summed E-state index contributed by atoms with van der Waals surface area (Å²) in [5.74, 6) is 2.76. The van der Waals surface area contributed by atoms with Crippen molar-refractivity contribution in [3.8, 4) is 22.3 Å². The number of rotatable bonds is 18. The molecule has 134 heavy (non-hydrogen) atoms. The van der Waals surface area contributed by atoms with E-state index in [2.05, 4.69) is 169 Å². The lowest BCUT2D eigenvalue weighted by Gasteiger charge is -2.29. The van der Waals surface area contributed by atoms with Gasteiger partial charge in [-0.05, 0) is 163 Å². The molecule has 0 aliphatic heterocycles. The zero-order chi connectivity index (χ0) is 92.3. The van der Waals surface area contributed by atoms with Crippen molar-refractivity contribution in [1.82, 2.24) is 89.4 Å². The number of fused-ring (bicyclic) bond motifs is 4. The van der Waals surface area contributed by atoms with Crippen molar-refractivity contribution < 1.29 is 46.8 Å². The number of amides is 8. The Bertz CT molecular complexity index is 6640. The molecule has 708 valence electrons. The van der Waals surface area contributed by atoms with Gasteiger partial charge < -0.3 is 85.7 Å². The number of urea groups is 4. The number of benzene rings is 2. The predicted octanol–water partition coefficient (Wildman–Crippen LogP) is 20.0. The van der Waals surface area contributed by atoms with E-state index in [0.717, 1.165) is 143 Å². The average molecular weight is 1830 g/mol. The summed E-state index contributed by atoms with van der Waals surface area (Å²) < 4.78 is 44.3. The highest BCUT2D eigenvalue weighted by atomic mass is 19.1. The summed E-state index contributed by atoms with van der Waals surface area (Å²) in [5, 5.41) is 51.8. The monoisotopic (exact) mass is 1830 g/mol. The lowest BCUT2D eigenvalue weighted by Crippen LogP contribution is -2.39. The third-order valence-electron chi connectivity index (χ3n) is 24.5. The normalized spacial score (nSPS) is 16.9. The van der Waals surface area contributed by atoms with E-state index in [1.165, 1.54) is 67.9 Å². The van der Waals surface area contributed by atoms with Crippen molar-refractivity contribution in [2.45, 2.75) is 272 Å². The number of nitrogen functional groups attached to an aromatic ring is 4. The number of carbonyl (C=O) groups excluding carboxylic acids is 4. The van der Waals surface area contributed by atoms with Gasteiger partial charge in [0, 0.05) is 123 Å². The molecule has 8 amide bonds. The van der Waals surface area contributed by atoms with E-state index < -0.39 is 23.5 Å². The van der Waals surface area contributed by atoms with Crippen LogP contribution in [0.4, 0.5) is 81.8 Å². The van der Waals surface area contributed by atoms with Gasteiger partial charge in [-0.25, -0.2) is 63.4 Å². The molecule has 6 aliphatic carbocycles. The van der Waals surface area contributed by atoms with Crippen LogP contribution in [0.15, 0.2) is 141 Å². The van der Waals surface area contributed by atoms with E-state index >= 15 is 0 Å². The van der Waals surface area contributed by atoms with Crippen LogP contribution in [0.1, 0.15) is 260 Å². The highest BCUT2D eigenvalue weighted by molar-refractivity contribution is 6.04. The largest absolute Gasteiger partial charge is 0.389 e. The summed E-state index contributed by atoms with van der Waals surface area (Å²) >= 11 is 0. The number of nitrogens with zero attached hydrogens (tertiary/aromatic N) is 16. The van der Waals surface area contributed by atoms with Crippen LogP contribution in [0.2, 0.25) is 0 Å². The van der Waals surface area contributed by atoms with Gasteiger partial charge in [-0.15, -0.1) is 0 Å². The minimum Gasteiger partial charge on any atom is -0.389 e. The molecule has 20 rings (SSSR count). The molecule has 2 aromatic carbocycles. The van der Waals surface area contributed by atoms with E-state index in [1.807, 2.05) is 65.8 Å². The summed E-state index contributed by atoms with van der Waals surface area (Å²) in [6.45, 7) is 24.1. The molecule has 0 saturated heterocycles. The molecule has 37 nitrogen and oxygen atoms in total. The summed E-state index contributed by atoms with van der Waals surface area (Å²) in [7, 11) is 0. The lowest BCUT2D eigenvalue weighted by molar-refractivity contribution is 0.0627. The van der Waals surface area contributed by atoms with Crippen LogP contribution in [0, 0.1) is 5.82 Å². The van der Waals surface area contributed by atoms with E-state index in [9.17, 15) is 28.7 Å². The van der Waals surface area contributed by atoms with E-state index in [1.54, 1.807) is 61.3 Å². The van der Waals surface area contributed by atoms with Gasteiger partial charge in [0.1, 0.15) is 77.0 Å². The summed E-state index contributed by atoms with van der Waals surface area (Å²) in [6.07, 6.45) is 31.7. The van der Waals surface area contributed by atoms with Crippen molar-refractivity contribution in [2.75, 3.05) is 54.8 Å². The minimum absolute atomic E-state index is 0. The Kier molecular flexibility index (Phi) is 27.2.